The van der Waals surface area contributed by atoms with Gasteiger partial charge in [0.2, 0.25) is 0 Å². The first-order valence-electron chi connectivity index (χ1n) is 7.22. The van der Waals surface area contributed by atoms with Crippen LogP contribution in [0.15, 0.2) is 18.2 Å². The highest BCUT2D eigenvalue weighted by atomic mass is 19.1. The molecule has 0 bridgehead atoms. The summed E-state index contributed by atoms with van der Waals surface area (Å²) in [6, 6.07) is 4.43. The van der Waals surface area contributed by atoms with Crippen LogP contribution in [0.1, 0.15) is 41.7 Å². The molecule has 1 saturated carbocycles. The molecule has 1 amide bonds. The number of hydrogen-bond acceptors (Lipinski definition) is 2. The Kier molecular flexibility index (Phi) is 3.39. The zero-order valence-electron chi connectivity index (χ0n) is 12.2. The second kappa shape index (κ2) is 5.12. The fraction of sp³-hybridized carbons (Fsp3) is 0.375. The summed E-state index contributed by atoms with van der Waals surface area (Å²) < 4.78 is 13.4. The van der Waals surface area contributed by atoms with Crippen molar-refractivity contribution in [3.63, 3.8) is 0 Å². The topological polar surface area (TPSA) is 82.2 Å². The van der Waals surface area contributed by atoms with E-state index in [4.69, 9.17) is 5.11 Å². The quantitative estimate of drug-likeness (QED) is 0.812. The Hall–Kier alpha value is -2.37. The molecule has 0 unspecified atom stereocenters. The summed E-state index contributed by atoms with van der Waals surface area (Å²) in [5.41, 5.74) is 0.971. The number of benzene rings is 1. The molecule has 22 heavy (non-hydrogen) atoms. The molecular formula is C16H17FN2O3. The van der Waals surface area contributed by atoms with Gasteiger partial charge in [-0.2, -0.15) is 0 Å². The van der Waals surface area contributed by atoms with Crippen LogP contribution in [0.25, 0.3) is 10.9 Å². The number of aromatic amines is 1. The first-order chi connectivity index (χ1) is 10.4. The molecule has 0 aliphatic heterocycles. The van der Waals surface area contributed by atoms with Crippen molar-refractivity contribution < 1.29 is 19.1 Å². The number of aryl methyl sites for hydroxylation is 1. The third kappa shape index (κ3) is 2.56. The van der Waals surface area contributed by atoms with Crippen molar-refractivity contribution in [1.82, 2.24) is 10.3 Å². The molecule has 2 aromatic rings. The molecule has 6 heteroatoms. The van der Waals surface area contributed by atoms with E-state index in [0.717, 1.165) is 17.4 Å². The minimum atomic E-state index is -0.922. The molecule has 0 atom stereocenters. The van der Waals surface area contributed by atoms with Crippen molar-refractivity contribution in [2.45, 2.75) is 38.1 Å². The number of H-pyrrole nitrogens is 1. The molecule has 3 N–H and O–H groups in total. The largest absolute Gasteiger partial charge is 0.481 e. The molecule has 116 valence electrons. The number of hydrogen-bond donors (Lipinski definition) is 3. The van der Waals surface area contributed by atoms with E-state index in [0.29, 0.717) is 24.1 Å². The Morgan fingerprint density at radius 2 is 2.09 bits per heavy atom. The molecule has 0 saturated heterocycles. The van der Waals surface area contributed by atoms with E-state index in [9.17, 15) is 14.0 Å². The Balaban J connectivity index is 1.86. The summed E-state index contributed by atoms with van der Waals surface area (Å²) in [6.07, 6.45) is 2.16. The second-order valence-electron chi connectivity index (χ2n) is 6.03. The minimum Gasteiger partial charge on any atom is -0.481 e. The Bertz CT molecular complexity index is 762. The van der Waals surface area contributed by atoms with Crippen LogP contribution < -0.4 is 5.32 Å². The summed E-state index contributed by atoms with van der Waals surface area (Å²) >= 11 is 0. The van der Waals surface area contributed by atoms with Gasteiger partial charge in [-0.15, -0.1) is 0 Å². The average molecular weight is 304 g/mol. The molecule has 5 nitrogen and oxygen atoms in total. The molecular weight excluding hydrogens is 287 g/mol. The molecule has 1 aromatic carbocycles. The maximum absolute atomic E-state index is 13.4. The van der Waals surface area contributed by atoms with Gasteiger partial charge in [-0.05, 0) is 49.9 Å². The fourth-order valence-electron chi connectivity index (χ4n) is 3.04. The lowest BCUT2D eigenvalue weighted by Gasteiger charge is -2.41. The third-order valence-corrected chi connectivity index (χ3v) is 4.33. The number of aliphatic carboxylic acids is 1. The van der Waals surface area contributed by atoms with E-state index < -0.39 is 11.5 Å². The highest BCUT2D eigenvalue weighted by molar-refractivity contribution is 5.99. The zero-order chi connectivity index (χ0) is 15.9. The molecule has 1 aromatic heterocycles. The summed E-state index contributed by atoms with van der Waals surface area (Å²) in [5.74, 6) is -1.63. The van der Waals surface area contributed by atoms with Gasteiger partial charge in [-0.3, -0.25) is 9.59 Å². The van der Waals surface area contributed by atoms with Crippen molar-refractivity contribution in [3.05, 3.63) is 35.3 Å². The van der Waals surface area contributed by atoms with Crippen molar-refractivity contribution in [2.24, 2.45) is 0 Å². The van der Waals surface area contributed by atoms with E-state index in [1.807, 2.05) is 0 Å². The van der Waals surface area contributed by atoms with Crippen LogP contribution in [0.2, 0.25) is 0 Å². The number of nitrogens with one attached hydrogen (secondary N) is 2. The Labute approximate surface area is 126 Å². The molecule has 1 heterocycles. The molecule has 3 rings (SSSR count). The number of halogens is 1. The van der Waals surface area contributed by atoms with Crippen molar-refractivity contribution >= 4 is 22.8 Å². The number of fused-ring (bicyclic) bond motifs is 1. The summed E-state index contributed by atoms with van der Waals surface area (Å²) in [7, 11) is 0. The Morgan fingerprint density at radius 1 is 1.36 bits per heavy atom. The predicted octanol–water partition coefficient (Wildman–Crippen LogP) is 2.74. The number of amides is 1. The lowest BCUT2D eigenvalue weighted by Crippen LogP contribution is -2.54. The van der Waals surface area contributed by atoms with Gasteiger partial charge >= 0.3 is 5.97 Å². The van der Waals surface area contributed by atoms with Crippen LogP contribution in [0.3, 0.4) is 0 Å². The average Bonchev–Trinajstić information content (AvgIpc) is 2.79. The van der Waals surface area contributed by atoms with E-state index in [1.165, 1.54) is 12.1 Å². The van der Waals surface area contributed by atoms with Crippen LogP contribution in [0.5, 0.6) is 0 Å². The van der Waals surface area contributed by atoms with Crippen molar-refractivity contribution in [1.29, 1.82) is 0 Å². The van der Waals surface area contributed by atoms with Crippen LogP contribution in [-0.4, -0.2) is 27.5 Å². The summed E-state index contributed by atoms with van der Waals surface area (Å²) in [4.78, 5) is 26.2. The van der Waals surface area contributed by atoms with Gasteiger partial charge in [0.15, 0.2) is 0 Å². The standard InChI is InChI=1S/C16H17FN2O3/c1-9-5-10(17)6-12-11(9)7-13(18-12)15(22)19-16(3-2-4-16)8-14(20)21/h5-7,18H,2-4,8H2,1H3,(H,19,22)(H,20,21). The highest BCUT2D eigenvalue weighted by Gasteiger charge is 2.40. The van der Waals surface area contributed by atoms with E-state index in [2.05, 4.69) is 10.3 Å². The predicted molar refractivity (Wildman–Crippen MR) is 79.3 cm³/mol. The van der Waals surface area contributed by atoms with Gasteiger partial charge in [0.05, 0.1) is 12.0 Å². The van der Waals surface area contributed by atoms with Crippen LogP contribution in [0.4, 0.5) is 4.39 Å². The number of carbonyl (C=O) groups excluding carboxylic acids is 1. The maximum atomic E-state index is 13.4. The molecule has 0 radical (unpaired) electrons. The van der Waals surface area contributed by atoms with Crippen molar-refractivity contribution in [2.75, 3.05) is 0 Å². The molecule has 1 fully saturated rings. The van der Waals surface area contributed by atoms with Gasteiger partial charge in [0.1, 0.15) is 11.5 Å². The van der Waals surface area contributed by atoms with Crippen LogP contribution in [0, 0.1) is 12.7 Å². The van der Waals surface area contributed by atoms with Gasteiger partial charge in [0, 0.05) is 10.9 Å². The number of carboxylic acid groups (broad SMARTS) is 1. The minimum absolute atomic E-state index is 0.0768. The number of aromatic nitrogens is 1. The van der Waals surface area contributed by atoms with Crippen molar-refractivity contribution in [3.8, 4) is 0 Å². The maximum Gasteiger partial charge on any atom is 0.305 e. The Morgan fingerprint density at radius 3 is 2.68 bits per heavy atom. The zero-order valence-corrected chi connectivity index (χ0v) is 12.2. The number of carboxylic acids is 1. The first kappa shape index (κ1) is 14.6. The molecule has 1 aliphatic carbocycles. The number of carbonyl (C=O) groups is 2. The smallest absolute Gasteiger partial charge is 0.305 e. The van der Waals surface area contributed by atoms with Crippen LogP contribution >= 0.6 is 0 Å². The lowest BCUT2D eigenvalue weighted by molar-refractivity contribution is -0.139. The normalized spacial score (nSPS) is 16.3. The third-order valence-electron chi connectivity index (χ3n) is 4.33. The second-order valence-corrected chi connectivity index (χ2v) is 6.03. The van der Waals surface area contributed by atoms with Gasteiger partial charge in [-0.1, -0.05) is 0 Å². The fourth-order valence-corrected chi connectivity index (χ4v) is 3.04. The SMILES string of the molecule is Cc1cc(F)cc2[nH]c(C(=O)NC3(CC(=O)O)CCC3)cc12. The van der Waals surface area contributed by atoms with Gasteiger partial charge in [0.25, 0.3) is 5.91 Å². The number of rotatable bonds is 4. The van der Waals surface area contributed by atoms with Gasteiger partial charge < -0.3 is 15.4 Å². The highest BCUT2D eigenvalue weighted by Crippen LogP contribution is 2.35. The summed E-state index contributed by atoms with van der Waals surface area (Å²) in [6.45, 7) is 1.78. The van der Waals surface area contributed by atoms with Gasteiger partial charge in [-0.25, -0.2) is 4.39 Å². The molecule has 1 aliphatic rings. The van der Waals surface area contributed by atoms with Crippen LogP contribution in [-0.2, 0) is 4.79 Å². The van der Waals surface area contributed by atoms with E-state index in [-0.39, 0.29) is 18.1 Å². The monoisotopic (exact) mass is 304 g/mol. The summed E-state index contributed by atoms with van der Waals surface area (Å²) in [5, 5.41) is 12.6. The lowest BCUT2D eigenvalue weighted by atomic mass is 9.74. The van der Waals surface area contributed by atoms with E-state index >= 15 is 0 Å². The first-order valence-corrected chi connectivity index (χ1v) is 7.22. The van der Waals surface area contributed by atoms with E-state index in [1.54, 1.807) is 13.0 Å². The molecule has 0 spiro atoms.